The van der Waals surface area contributed by atoms with Gasteiger partial charge in [0.2, 0.25) is 0 Å². The van der Waals surface area contributed by atoms with Crippen molar-refractivity contribution in [1.29, 1.82) is 0 Å². The van der Waals surface area contributed by atoms with Crippen LogP contribution in [0.2, 0.25) is 0 Å². The molecule has 0 saturated heterocycles. The first kappa shape index (κ1) is 15.3. The molecule has 2 aliphatic rings. The lowest BCUT2D eigenvalue weighted by Crippen LogP contribution is -2.48. The average Bonchev–Trinajstić information content (AvgIpc) is 3.09. The maximum absolute atomic E-state index is 13.2. The Hall–Kier alpha value is -1.62. The molecule has 2 bridgehead atoms. The average molecular weight is 306 g/mol. The molecule has 0 heterocycles. The normalized spacial score (nSPS) is 29.6. The van der Waals surface area contributed by atoms with E-state index in [4.69, 9.17) is 0 Å². The van der Waals surface area contributed by atoms with Crippen molar-refractivity contribution < 1.29 is 14.3 Å². The number of hydrogen-bond acceptors (Lipinski definition) is 2. The van der Waals surface area contributed by atoms with Crippen LogP contribution in [0.25, 0.3) is 0 Å². The van der Waals surface area contributed by atoms with E-state index >= 15 is 0 Å². The fourth-order valence-corrected chi connectivity index (χ4v) is 4.10. The van der Waals surface area contributed by atoms with Crippen LogP contribution < -0.4 is 10.6 Å². The van der Waals surface area contributed by atoms with E-state index in [2.05, 4.69) is 10.6 Å². The van der Waals surface area contributed by atoms with Crippen molar-refractivity contribution in [3.05, 3.63) is 35.1 Å². The van der Waals surface area contributed by atoms with E-state index < -0.39 is 0 Å². The number of aliphatic hydroxyl groups is 1. The number of nitrogens with one attached hydrogen (secondary N) is 2. The van der Waals surface area contributed by atoms with E-state index in [9.17, 15) is 14.3 Å². The van der Waals surface area contributed by atoms with Gasteiger partial charge in [-0.15, -0.1) is 0 Å². The van der Waals surface area contributed by atoms with E-state index in [0.29, 0.717) is 23.9 Å². The first-order valence-corrected chi connectivity index (χ1v) is 7.98. The number of benzene rings is 1. The van der Waals surface area contributed by atoms with Gasteiger partial charge < -0.3 is 15.7 Å². The Labute approximate surface area is 130 Å². The van der Waals surface area contributed by atoms with E-state index in [0.717, 1.165) is 18.4 Å². The summed E-state index contributed by atoms with van der Waals surface area (Å²) < 4.78 is 13.2. The van der Waals surface area contributed by atoms with Gasteiger partial charge in [-0.1, -0.05) is 12.1 Å². The van der Waals surface area contributed by atoms with Crippen LogP contribution >= 0.6 is 0 Å². The van der Waals surface area contributed by atoms with E-state index in [1.54, 1.807) is 19.1 Å². The number of carbonyl (C=O) groups is 1. The first-order chi connectivity index (χ1) is 10.6. The number of hydrogen-bond donors (Lipinski definition) is 3. The summed E-state index contributed by atoms with van der Waals surface area (Å²) in [5.74, 6) is 1.01. The molecule has 2 fully saturated rings. The third-order valence-corrected chi connectivity index (χ3v) is 5.27. The zero-order chi connectivity index (χ0) is 15.7. The lowest BCUT2D eigenvalue weighted by atomic mass is 9.85. The van der Waals surface area contributed by atoms with Crippen LogP contribution in [0.15, 0.2) is 18.2 Å². The Morgan fingerprint density at radius 3 is 2.86 bits per heavy atom. The van der Waals surface area contributed by atoms with Crippen molar-refractivity contribution in [2.75, 3.05) is 6.61 Å². The summed E-state index contributed by atoms with van der Waals surface area (Å²) >= 11 is 0. The zero-order valence-electron chi connectivity index (χ0n) is 12.8. The van der Waals surface area contributed by atoms with Gasteiger partial charge in [0.05, 0.1) is 0 Å². The van der Waals surface area contributed by atoms with Crippen molar-refractivity contribution >= 4 is 6.03 Å². The number of fused-ring (bicyclic) bond motifs is 2. The molecule has 3 rings (SSSR count). The second kappa shape index (κ2) is 6.24. The molecular weight excluding hydrogens is 283 g/mol. The Morgan fingerprint density at radius 2 is 2.14 bits per heavy atom. The SMILES string of the molecule is Cc1cc(CNC(=O)NC2C3CCC(C3)C2CO)ccc1F. The van der Waals surface area contributed by atoms with Crippen molar-refractivity contribution in [2.45, 2.75) is 38.8 Å². The molecule has 4 atom stereocenters. The van der Waals surface area contributed by atoms with Crippen molar-refractivity contribution in [2.24, 2.45) is 17.8 Å². The predicted molar refractivity (Wildman–Crippen MR) is 81.7 cm³/mol. The summed E-state index contributed by atoms with van der Waals surface area (Å²) in [6, 6.07) is 4.71. The molecule has 1 aromatic carbocycles. The summed E-state index contributed by atoms with van der Waals surface area (Å²) in [7, 11) is 0. The van der Waals surface area contributed by atoms with Crippen LogP contribution in [-0.2, 0) is 6.54 Å². The lowest BCUT2D eigenvalue weighted by Gasteiger charge is -2.30. The fraction of sp³-hybridized carbons (Fsp3) is 0.588. The number of rotatable bonds is 4. The molecule has 120 valence electrons. The van der Waals surface area contributed by atoms with Crippen LogP contribution in [0.3, 0.4) is 0 Å². The number of amides is 2. The molecule has 0 spiro atoms. The molecule has 0 radical (unpaired) electrons. The van der Waals surface area contributed by atoms with Crippen molar-refractivity contribution in [1.82, 2.24) is 10.6 Å². The summed E-state index contributed by atoms with van der Waals surface area (Å²) in [5.41, 5.74) is 1.45. The number of carbonyl (C=O) groups excluding carboxylic acids is 1. The predicted octanol–water partition coefficient (Wildman–Crippen LogP) is 2.34. The van der Waals surface area contributed by atoms with Gasteiger partial charge in [-0.3, -0.25) is 0 Å². The Balaban J connectivity index is 1.53. The Morgan fingerprint density at radius 1 is 1.36 bits per heavy atom. The Bertz CT molecular complexity index is 564. The molecular formula is C17H23FN2O2. The van der Waals surface area contributed by atoms with Gasteiger partial charge in [-0.2, -0.15) is 0 Å². The highest BCUT2D eigenvalue weighted by molar-refractivity contribution is 5.74. The molecule has 4 unspecified atom stereocenters. The summed E-state index contributed by atoms with van der Waals surface area (Å²) in [4.78, 5) is 12.1. The van der Waals surface area contributed by atoms with Crippen LogP contribution in [-0.4, -0.2) is 23.8 Å². The van der Waals surface area contributed by atoms with Gasteiger partial charge in [-0.05, 0) is 55.2 Å². The van der Waals surface area contributed by atoms with E-state index in [1.165, 1.54) is 12.5 Å². The van der Waals surface area contributed by atoms with Gasteiger partial charge in [0.1, 0.15) is 5.82 Å². The van der Waals surface area contributed by atoms with Gasteiger partial charge in [0, 0.05) is 25.1 Å². The molecule has 0 aliphatic heterocycles. The van der Waals surface area contributed by atoms with Crippen molar-refractivity contribution in [3.63, 3.8) is 0 Å². The molecule has 3 N–H and O–H groups in total. The lowest BCUT2D eigenvalue weighted by molar-refractivity contribution is 0.144. The van der Waals surface area contributed by atoms with Gasteiger partial charge in [0.25, 0.3) is 0 Å². The highest BCUT2D eigenvalue weighted by atomic mass is 19.1. The molecule has 2 amide bonds. The minimum absolute atomic E-state index is 0.0821. The highest BCUT2D eigenvalue weighted by Gasteiger charge is 2.47. The van der Waals surface area contributed by atoms with Crippen LogP contribution in [0.4, 0.5) is 9.18 Å². The molecule has 22 heavy (non-hydrogen) atoms. The number of aryl methyl sites for hydroxylation is 1. The van der Waals surface area contributed by atoms with Crippen molar-refractivity contribution in [3.8, 4) is 0 Å². The zero-order valence-corrected chi connectivity index (χ0v) is 12.8. The maximum Gasteiger partial charge on any atom is 0.315 e. The molecule has 2 saturated carbocycles. The maximum atomic E-state index is 13.2. The monoisotopic (exact) mass is 306 g/mol. The van der Waals surface area contributed by atoms with Crippen LogP contribution in [0, 0.1) is 30.5 Å². The number of halogens is 1. The minimum Gasteiger partial charge on any atom is -0.396 e. The standard InChI is InChI=1S/C17H23FN2O2/c1-10-6-11(2-5-15(10)18)8-19-17(22)20-16-13-4-3-12(7-13)14(16)9-21/h2,5-6,12-14,16,21H,3-4,7-9H2,1H3,(H2,19,20,22). The summed E-state index contributed by atoms with van der Waals surface area (Å²) in [6.45, 7) is 2.22. The van der Waals surface area contributed by atoms with Gasteiger partial charge >= 0.3 is 6.03 Å². The topological polar surface area (TPSA) is 61.4 Å². The fourth-order valence-electron chi connectivity index (χ4n) is 4.10. The third kappa shape index (κ3) is 2.95. The minimum atomic E-state index is -0.235. The third-order valence-electron chi connectivity index (χ3n) is 5.27. The Kier molecular flexibility index (Phi) is 4.34. The largest absolute Gasteiger partial charge is 0.396 e. The highest BCUT2D eigenvalue weighted by Crippen LogP contribution is 2.48. The molecule has 5 heteroatoms. The van der Waals surface area contributed by atoms with Crippen LogP contribution in [0.5, 0.6) is 0 Å². The molecule has 4 nitrogen and oxygen atoms in total. The van der Waals surface area contributed by atoms with E-state index in [-0.39, 0.29) is 30.4 Å². The molecule has 1 aromatic rings. The first-order valence-electron chi connectivity index (χ1n) is 7.98. The second-order valence-corrected chi connectivity index (χ2v) is 6.62. The second-order valence-electron chi connectivity index (χ2n) is 6.62. The van der Waals surface area contributed by atoms with E-state index in [1.807, 2.05) is 0 Å². The smallest absolute Gasteiger partial charge is 0.315 e. The van der Waals surface area contributed by atoms with Gasteiger partial charge in [0.15, 0.2) is 0 Å². The summed E-state index contributed by atoms with van der Waals surface area (Å²) in [6.07, 6.45) is 3.43. The number of urea groups is 1. The summed E-state index contributed by atoms with van der Waals surface area (Å²) in [5, 5.41) is 15.4. The quantitative estimate of drug-likeness (QED) is 0.799. The van der Waals surface area contributed by atoms with Gasteiger partial charge in [-0.25, -0.2) is 9.18 Å². The van der Waals surface area contributed by atoms with Crippen LogP contribution in [0.1, 0.15) is 30.4 Å². The molecule has 2 aliphatic carbocycles. The molecule has 0 aromatic heterocycles. The number of aliphatic hydroxyl groups excluding tert-OH is 1.